The Balaban J connectivity index is 1.87. The predicted molar refractivity (Wildman–Crippen MR) is 77.4 cm³/mol. The summed E-state index contributed by atoms with van der Waals surface area (Å²) < 4.78 is 13.0. The van der Waals surface area contributed by atoms with Crippen LogP contribution in [0.2, 0.25) is 0 Å². The minimum absolute atomic E-state index is 0.115. The molecule has 1 heterocycles. The Morgan fingerprint density at radius 2 is 2.00 bits per heavy atom. The van der Waals surface area contributed by atoms with Crippen molar-refractivity contribution in [1.29, 1.82) is 0 Å². The van der Waals surface area contributed by atoms with Crippen LogP contribution >= 0.6 is 0 Å². The highest BCUT2D eigenvalue weighted by molar-refractivity contribution is 5.96. The number of carbonyl (C=O) groups excluding carboxylic acids is 1. The Hall–Kier alpha value is -2.56. The van der Waals surface area contributed by atoms with Crippen molar-refractivity contribution in [2.45, 2.75) is 13.0 Å². The summed E-state index contributed by atoms with van der Waals surface area (Å²) in [6, 6.07) is 9.11. The summed E-state index contributed by atoms with van der Waals surface area (Å²) in [5.41, 5.74) is 8.73. The van der Waals surface area contributed by atoms with Gasteiger partial charge in [-0.25, -0.2) is 4.39 Å². The topological polar surface area (TPSA) is 66.6 Å². The van der Waals surface area contributed by atoms with Crippen LogP contribution in [-0.4, -0.2) is 22.5 Å². The Morgan fingerprint density at radius 1 is 1.19 bits per heavy atom. The van der Waals surface area contributed by atoms with E-state index < -0.39 is 5.82 Å². The number of phenols is 1. The van der Waals surface area contributed by atoms with Gasteiger partial charge in [-0.15, -0.1) is 0 Å². The van der Waals surface area contributed by atoms with E-state index in [1.165, 1.54) is 17.7 Å². The molecular formula is C16H15FN2O2. The molecule has 2 aromatic rings. The van der Waals surface area contributed by atoms with Crippen molar-refractivity contribution in [2.75, 3.05) is 12.3 Å². The SMILES string of the molecule is Nc1ccc2c(c1)CN(C(=O)c1ccc(F)cc1O)CC2. The number of anilines is 1. The van der Waals surface area contributed by atoms with E-state index in [9.17, 15) is 14.3 Å². The number of fused-ring (bicyclic) bond motifs is 1. The number of halogens is 1. The second-order valence-electron chi connectivity index (χ2n) is 5.17. The van der Waals surface area contributed by atoms with E-state index in [-0.39, 0.29) is 17.2 Å². The maximum absolute atomic E-state index is 13.0. The molecular weight excluding hydrogens is 271 g/mol. The summed E-state index contributed by atoms with van der Waals surface area (Å²) in [6.07, 6.45) is 0.739. The number of benzene rings is 2. The highest BCUT2D eigenvalue weighted by Crippen LogP contribution is 2.25. The quantitative estimate of drug-likeness (QED) is 0.791. The first-order valence-corrected chi connectivity index (χ1v) is 6.69. The molecule has 0 saturated carbocycles. The fourth-order valence-corrected chi connectivity index (χ4v) is 2.61. The minimum atomic E-state index is -0.569. The molecule has 5 heteroatoms. The molecule has 1 amide bonds. The van der Waals surface area contributed by atoms with Crippen molar-refractivity contribution < 1.29 is 14.3 Å². The molecule has 0 radical (unpaired) electrons. The first kappa shape index (κ1) is 13.4. The number of phenolic OH excluding ortho intramolecular Hbond substituents is 1. The summed E-state index contributed by atoms with van der Waals surface area (Å²) >= 11 is 0. The number of nitrogens with zero attached hydrogens (tertiary/aromatic N) is 1. The fourth-order valence-electron chi connectivity index (χ4n) is 2.61. The normalized spacial score (nSPS) is 13.9. The van der Waals surface area contributed by atoms with Gasteiger partial charge in [0, 0.05) is 24.8 Å². The van der Waals surface area contributed by atoms with Crippen molar-refractivity contribution in [2.24, 2.45) is 0 Å². The van der Waals surface area contributed by atoms with Gasteiger partial charge in [0.25, 0.3) is 5.91 Å². The van der Waals surface area contributed by atoms with Gasteiger partial charge < -0.3 is 15.7 Å². The van der Waals surface area contributed by atoms with Crippen molar-refractivity contribution >= 4 is 11.6 Å². The number of rotatable bonds is 1. The predicted octanol–water partition coefficient (Wildman–Crippen LogP) is 2.31. The fraction of sp³-hybridized carbons (Fsp3) is 0.188. The largest absolute Gasteiger partial charge is 0.507 e. The van der Waals surface area contributed by atoms with Gasteiger partial charge in [-0.3, -0.25) is 4.79 Å². The van der Waals surface area contributed by atoms with Gasteiger partial charge in [-0.1, -0.05) is 6.07 Å². The van der Waals surface area contributed by atoms with Crippen molar-refractivity contribution in [3.05, 3.63) is 58.9 Å². The van der Waals surface area contributed by atoms with Gasteiger partial charge in [0.05, 0.1) is 5.56 Å². The zero-order valence-electron chi connectivity index (χ0n) is 11.3. The summed E-state index contributed by atoms with van der Waals surface area (Å²) in [4.78, 5) is 14.1. The molecule has 0 aliphatic carbocycles. The van der Waals surface area contributed by atoms with Crippen LogP contribution in [0.25, 0.3) is 0 Å². The average molecular weight is 286 g/mol. The highest BCUT2D eigenvalue weighted by atomic mass is 19.1. The molecule has 4 nitrogen and oxygen atoms in total. The lowest BCUT2D eigenvalue weighted by atomic mass is 9.98. The molecule has 0 unspecified atom stereocenters. The van der Waals surface area contributed by atoms with E-state index in [1.807, 2.05) is 18.2 Å². The van der Waals surface area contributed by atoms with E-state index in [1.54, 1.807) is 4.90 Å². The van der Waals surface area contributed by atoms with Gasteiger partial charge in [-0.2, -0.15) is 0 Å². The van der Waals surface area contributed by atoms with Crippen LogP contribution in [0, 0.1) is 5.82 Å². The molecule has 0 aromatic heterocycles. The maximum Gasteiger partial charge on any atom is 0.257 e. The van der Waals surface area contributed by atoms with Gasteiger partial charge >= 0.3 is 0 Å². The lowest BCUT2D eigenvalue weighted by molar-refractivity contribution is 0.0731. The monoisotopic (exact) mass is 286 g/mol. The summed E-state index contributed by atoms with van der Waals surface area (Å²) in [5, 5.41) is 9.72. The number of hydrogen-bond donors (Lipinski definition) is 2. The molecule has 1 aliphatic heterocycles. The lowest BCUT2D eigenvalue weighted by Crippen LogP contribution is -2.36. The van der Waals surface area contributed by atoms with E-state index in [0.717, 1.165) is 18.1 Å². The van der Waals surface area contributed by atoms with Crippen LogP contribution in [-0.2, 0) is 13.0 Å². The molecule has 0 saturated heterocycles. The lowest BCUT2D eigenvalue weighted by Gasteiger charge is -2.29. The third-order valence-corrected chi connectivity index (χ3v) is 3.72. The smallest absolute Gasteiger partial charge is 0.257 e. The van der Waals surface area contributed by atoms with Crippen LogP contribution in [0.4, 0.5) is 10.1 Å². The number of amides is 1. The van der Waals surface area contributed by atoms with Crippen LogP contribution in [0.1, 0.15) is 21.5 Å². The molecule has 0 atom stereocenters. The molecule has 0 fully saturated rings. The van der Waals surface area contributed by atoms with E-state index in [0.29, 0.717) is 18.8 Å². The Bertz CT molecular complexity index is 715. The van der Waals surface area contributed by atoms with Gasteiger partial charge in [0.2, 0.25) is 0 Å². The second kappa shape index (κ2) is 5.09. The number of nitrogens with two attached hydrogens (primary N) is 1. The van der Waals surface area contributed by atoms with E-state index in [4.69, 9.17) is 5.73 Å². The average Bonchev–Trinajstić information content (AvgIpc) is 2.46. The van der Waals surface area contributed by atoms with Crippen LogP contribution in [0.3, 0.4) is 0 Å². The molecule has 0 spiro atoms. The summed E-state index contributed by atoms with van der Waals surface area (Å²) in [7, 11) is 0. The molecule has 3 N–H and O–H groups in total. The first-order chi connectivity index (χ1) is 10.0. The molecule has 2 aromatic carbocycles. The number of carbonyl (C=O) groups is 1. The Kier molecular flexibility index (Phi) is 3.25. The van der Waals surface area contributed by atoms with E-state index in [2.05, 4.69) is 0 Å². The molecule has 1 aliphatic rings. The van der Waals surface area contributed by atoms with Crippen molar-refractivity contribution in [3.8, 4) is 5.75 Å². The Labute approximate surface area is 121 Å². The van der Waals surface area contributed by atoms with E-state index >= 15 is 0 Å². The number of aromatic hydroxyl groups is 1. The molecule has 108 valence electrons. The minimum Gasteiger partial charge on any atom is -0.507 e. The van der Waals surface area contributed by atoms with Crippen molar-refractivity contribution in [3.63, 3.8) is 0 Å². The third-order valence-electron chi connectivity index (χ3n) is 3.72. The van der Waals surface area contributed by atoms with Gasteiger partial charge in [-0.05, 0) is 41.8 Å². The molecule has 3 rings (SSSR count). The second-order valence-corrected chi connectivity index (χ2v) is 5.17. The van der Waals surface area contributed by atoms with Crippen LogP contribution < -0.4 is 5.73 Å². The zero-order chi connectivity index (χ0) is 15.0. The summed E-state index contributed by atoms with van der Waals surface area (Å²) in [6.45, 7) is 1.00. The molecule has 21 heavy (non-hydrogen) atoms. The Morgan fingerprint density at radius 3 is 2.76 bits per heavy atom. The maximum atomic E-state index is 13.0. The van der Waals surface area contributed by atoms with Gasteiger partial charge in [0.1, 0.15) is 11.6 Å². The highest BCUT2D eigenvalue weighted by Gasteiger charge is 2.23. The van der Waals surface area contributed by atoms with Crippen LogP contribution in [0.15, 0.2) is 36.4 Å². The summed E-state index contributed by atoms with van der Waals surface area (Å²) in [5.74, 6) is -1.21. The third kappa shape index (κ3) is 2.54. The zero-order valence-corrected chi connectivity index (χ0v) is 11.3. The first-order valence-electron chi connectivity index (χ1n) is 6.69. The molecule has 0 bridgehead atoms. The standard InChI is InChI=1S/C16H15FN2O2/c17-12-2-4-14(15(20)8-12)16(21)19-6-5-10-1-3-13(18)7-11(10)9-19/h1-4,7-8,20H,5-6,9,18H2. The number of nitrogen functional groups attached to an aromatic ring is 1. The number of hydrogen-bond acceptors (Lipinski definition) is 3. The van der Waals surface area contributed by atoms with Crippen molar-refractivity contribution in [1.82, 2.24) is 4.90 Å². The van der Waals surface area contributed by atoms with Gasteiger partial charge in [0.15, 0.2) is 0 Å². The van der Waals surface area contributed by atoms with Crippen LogP contribution in [0.5, 0.6) is 5.75 Å².